The van der Waals surface area contributed by atoms with Crippen LogP contribution in [-0.2, 0) is 11.3 Å². The molecule has 1 N–H and O–H groups in total. The van der Waals surface area contributed by atoms with Gasteiger partial charge < -0.3 is 14.8 Å². The highest BCUT2D eigenvalue weighted by molar-refractivity contribution is 7.09. The van der Waals surface area contributed by atoms with Crippen LogP contribution in [0.2, 0.25) is 0 Å². The molecule has 0 fully saturated rings. The first-order valence-electron chi connectivity index (χ1n) is 7.57. The number of carbonyl (C=O) groups is 1. The van der Waals surface area contributed by atoms with Gasteiger partial charge in [0.2, 0.25) is 5.91 Å². The van der Waals surface area contributed by atoms with Gasteiger partial charge in [-0.25, -0.2) is 0 Å². The van der Waals surface area contributed by atoms with E-state index < -0.39 is 0 Å². The SMILES string of the molecule is CN(CC(=O)NCC1COc2ccccc2O1)Cc1cccs1. The summed E-state index contributed by atoms with van der Waals surface area (Å²) in [6.07, 6.45) is -0.156. The molecule has 1 unspecified atom stereocenters. The summed E-state index contributed by atoms with van der Waals surface area (Å²) < 4.78 is 11.5. The molecule has 1 aliphatic rings. The summed E-state index contributed by atoms with van der Waals surface area (Å²) in [5.74, 6) is 1.48. The molecule has 3 rings (SSSR count). The smallest absolute Gasteiger partial charge is 0.234 e. The molecular weight excluding hydrogens is 312 g/mol. The highest BCUT2D eigenvalue weighted by Crippen LogP contribution is 2.30. The fourth-order valence-corrected chi connectivity index (χ4v) is 3.20. The van der Waals surface area contributed by atoms with Gasteiger partial charge in [0.15, 0.2) is 11.5 Å². The number of nitrogens with one attached hydrogen (secondary N) is 1. The largest absolute Gasteiger partial charge is 0.486 e. The van der Waals surface area contributed by atoms with Crippen molar-refractivity contribution < 1.29 is 14.3 Å². The quantitative estimate of drug-likeness (QED) is 0.880. The number of fused-ring (bicyclic) bond motifs is 1. The number of carbonyl (C=O) groups excluding carboxylic acids is 1. The predicted octanol–water partition coefficient (Wildman–Crippen LogP) is 2.14. The number of benzene rings is 1. The van der Waals surface area contributed by atoms with E-state index in [1.807, 2.05) is 47.7 Å². The van der Waals surface area contributed by atoms with Crippen LogP contribution in [0.15, 0.2) is 41.8 Å². The zero-order valence-corrected chi connectivity index (χ0v) is 13.8. The summed E-state index contributed by atoms with van der Waals surface area (Å²) in [6.45, 7) is 2.03. The Balaban J connectivity index is 1.41. The molecule has 6 heteroatoms. The first-order chi connectivity index (χ1) is 11.2. The van der Waals surface area contributed by atoms with Crippen molar-refractivity contribution >= 4 is 17.2 Å². The van der Waals surface area contributed by atoms with Crippen molar-refractivity contribution in [1.82, 2.24) is 10.2 Å². The van der Waals surface area contributed by atoms with E-state index in [9.17, 15) is 4.79 Å². The van der Waals surface area contributed by atoms with Crippen LogP contribution in [0.4, 0.5) is 0 Å². The second-order valence-electron chi connectivity index (χ2n) is 5.55. The summed E-state index contributed by atoms with van der Waals surface area (Å²) in [5.41, 5.74) is 0. The maximum absolute atomic E-state index is 12.0. The van der Waals surface area contributed by atoms with Crippen LogP contribution in [0.1, 0.15) is 4.88 Å². The van der Waals surface area contributed by atoms with Gasteiger partial charge >= 0.3 is 0 Å². The Labute approximate surface area is 139 Å². The molecule has 2 aromatic rings. The summed E-state index contributed by atoms with van der Waals surface area (Å²) in [4.78, 5) is 15.3. The Hall–Kier alpha value is -2.05. The van der Waals surface area contributed by atoms with Gasteiger partial charge in [-0.15, -0.1) is 11.3 Å². The van der Waals surface area contributed by atoms with Crippen molar-refractivity contribution in [1.29, 1.82) is 0 Å². The molecule has 1 amide bonds. The van der Waals surface area contributed by atoms with Crippen molar-refractivity contribution in [3.63, 3.8) is 0 Å². The van der Waals surface area contributed by atoms with E-state index in [1.165, 1.54) is 4.88 Å². The molecule has 1 atom stereocenters. The Morgan fingerprint density at radius 1 is 1.30 bits per heavy atom. The number of hydrogen-bond acceptors (Lipinski definition) is 5. The number of amides is 1. The third-order valence-electron chi connectivity index (χ3n) is 3.51. The number of rotatable bonds is 6. The summed E-state index contributed by atoms with van der Waals surface area (Å²) in [7, 11) is 1.94. The third-order valence-corrected chi connectivity index (χ3v) is 4.37. The molecule has 5 nitrogen and oxygen atoms in total. The second kappa shape index (κ2) is 7.48. The van der Waals surface area contributed by atoms with Crippen LogP contribution in [-0.4, -0.2) is 43.7 Å². The van der Waals surface area contributed by atoms with Crippen LogP contribution >= 0.6 is 11.3 Å². The van der Waals surface area contributed by atoms with E-state index in [0.717, 1.165) is 18.0 Å². The molecule has 0 aliphatic carbocycles. The summed E-state index contributed by atoms with van der Waals surface area (Å²) in [6, 6.07) is 11.7. The number of thiophene rings is 1. The molecule has 0 saturated heterocycles. The average Bonchev–Trinajstić information content (AvgIpc) is 3.05. The Kier molecular flexibility index (Phi) is 5.15. The lowest BCUT2D eigenvalue weighted by molar-refractivity contribution is -0.122. The number of hydrogen-bond donors (Lipinski definition) is 1. The monoisotopic (exact) mass is 332 g/mol. The zero-order chi connectivity index (χ0) is 16.1. The zero-order valence-electron chi connectivity index (χ0n) is 13.0. The molecule has 1 aromatic heterocycles. The van der Waals surface area contributed by atoms with Gasteiger partial charge in [0.1, 0.15) is 12.7 Å². The first-order valence-corrected chi connectivity index (χ1v) is 8.45. The second-order valence-corrected chi connectivity index (χ2v) is 6.59. The van der Waals surface area contributed by atoms with Gasteiger partial charge in [-0.2, -0.15) is 0 Å². The van der Waals surface area contributed by atoms with Crippen molar-refractivity contribution in [2.24, 2.45) is 0 Å². The highest BCUT2D eigenvalue weighted by Gasteiger charge is 2.21. The van der Waals surface area contributed by atoms with Gasteiger partial charge in [0, 0.05) is 11.4 Å². The maximum Gasteiger partial charge on any atom is 0.234 e. The van der Waals surface area contributed by atoms with Crippen LogP contribution in [0, 0.1) is 0 Å². The van der Waals surface area contributed by atoms with Crippen LogP contribution in [0.3, 0.4) is 0 Å². The minimum absolute atomic E-state index is 0.00786. The van der Waals surface area contributed by atoms with E-state index in [1.54, 1.807) is 11.3 Å². The fourth-order valence-electron chi connectivity index (χ4n) is 2.42. The molecule has 122 valence electrons. The minimum atomic E-state index is -0.156. The molecule has 0 bridgehead atoms. The first kappa shape index (κ1) is 15.8. The van der Waals surface area contributed by atoms with Crippen LogP contribution < -0.4 is 14.8 Å². The van der Waals surface area contributed by atoms with Crippen molar-refractivity contribution in [2.75, 3.05) is 26.7 Å². The lowest BCUT2D eigenvalue weighted by Gasteiger charge is -2.26. The van der Waals surface area contributed by atoms with Gasteiger partial charge in [-0.3, -0.25) is 9.69 Å². The molecule has 1 aromatic carbocycles. The van der Waals surface area contributed by atoms with Gasteiger partial charge in [-0.1, -0.05) is 18.2 Å². The van der Waals surface area contributed by atoms with Crippen molar-refractivity contribution in [2.45, 2.75) is 12.6 Å². The van der Waals surface area contributed by atoms with Crippen LogP contribution in [0.25, 0.3) is 0 Å². The van der Waals surface area contributed by atoms with Crippen molar-refractivity contribution in [3.05, 3.63) is 46.7 Å². The summed E-state index contributed by atoms with van der Waals surface area (Å²) in [5, 5.41) is 4.95. The predicted molar refractivity (Wildman–Crippen MR) is 90.0 cm³/mol. The Morgan fingerprint density at radius 2 is 2.13 bits per heavy atom. The van der Waals surface area contributed by atoms with E-state index in [-0.39, 0.29) is 12.0 Å². The number of likely N-dealkylation sites (N-methyl/N-ethyl adjacent to an activating group) is 1. The summed E-state index contributed by atoms with van der Waals surface area (Å²) >= 11 is 1.70. The minimum Gasteiger partial charge on any atom is -0.486 e. The van der Waals surface area contributed by atoms with E-state index in [2.05, 4.69) is 11.4 Å². The molecule has 0 radical (unpaired) electrons. The molecule has 0 spiro atoms. The van der Waals surface area contributed by atoms with E-state index >= 15 is 0 Å². The number of ether oxygens (including phenoxy) is 2. The average molecular weight is 332 g/mol. The Bertz CT molecular complexity index is 645. The number of para-hydroxylation sites is 2. The van der Waals surface area contributed by atoms with E-state index in [4.69, 9.17) is 9.47 Å². The topological polar surface area (TPSA) is 50.8 Å². The Morgan fingerprint density at radius 3 is 2.91 bits per heavy atom. The molecular formula is C17H20N2O3S. The highest BCUT2D eigenvalue weighted by atomic mass is 32.1. The lowest BCUT2D eigenvalue weighted by Crippen LogP contribution is -2.43. The maximum atomic E-state index is 12.0. The number of nitrogens with zero attached hydrogens (tertiary/aromatic N) is 1. The van der Waals surface area contributed by atoms with Crippen LogP contribution in [0.5, 0.6) is 11.5 Å². The molecule has 0 saturated carbocycles. The standard InChI is InChI=1S/C17H20N2O3S/c1-19(10-14-5-4-8-23-14)11-17(20)18-9-13-12-21-15-6-2-3-7-16(15)22-13/h2-8,13H,9-12H2,1H3,(H,18,20). The molecule has 1 aliphatic heterocycles. The normalized spacial score (nSPS) is 16.3. The third kappa shape index (κ3) is 4.46. The molecule has 2 heterocycles. The molecule has 23 heavy (non-hydrogen) atoms. The van der Waals surface area contributed by atoms with Gasteiger partial charge in [0.05, 0.1) is 13.1 Å². The van der Waals surface area contributed by atoms with Crippen molar-refractivity contribution in [3.8, 4) is 11.5 Å². The lowest BCUT2D eigenvalue weighted by atomic mass is 10.2. The van der Waals surface area contributed by atoms with Gasteiger partial charge in [-0.05, 0) is 30.6 Å². The van der Waals surface area contributed by atoms with Gasteiger partial charge in [0.25, 0.3) is 0 Å². The fraction of sp³-hybridized carbons (Fsp3) is 0.353. The van der Waals surface area contributed by atoms with E-state index in [0.29, 0.717) is 19.7 Å².